The maximum atomic E-state index is 12.5. The van der Waals surface area contributed by atoms with Crippen molar-refractivity contribution < 1.29 is 9.59 Å². The fraction of sp³-hybridized carbons (Fsp3) is 0.238. The predicted molar refractivity (Wildman–Crippen MR) is 111 cm³/mol. The molecule has 29 heavy (non-hydrogen) atoms. The highest BCUT2D eigenvalue weighted by atomic mass is 16.2. The zero-order valence-corrected chi connectivity index (χ0v) is 16.1. The molecule has 0 unspecified atom stereocenters. The number of rotatable bonds is 8. The van der Waals surface area contributed by atoms with Crippen LogP contribution in [0.2, 0.25) is 0 Å². The van der Waals surface area contributed by atoms with E-state index < -0.39 is 0 Å². The number of fused-ring (bicyclic) bond motifs is 1. The fourth-order valence-corrected chi connectivity index (χ4v) is 2.89. The minimum Gasteiger partial charge on any atom is -0.352 e. The number of carbonyl (C=O) groups is 2. The van der Waals surface area contributed by atoms with E-state index in [1.807, 2.05) is 13.0 Å². The third-order valence-electron chi connectivity index (χ3n) is 4.39. The number of hydrogen-bond acceptors (Lipinski definition) is 5. The molecule has 3 N–H and O–H groups in total. The van der Waals surface area contributed by atoms with Crippen LogP contribution in [0.15, 0.2) is 59.4 Å². The maximum Gasteiger partial charge on any atom is 0.262 e. The predicted octanol–water partition coefficient (Wildman–Crippen LogP) is 2.07. The van der Waals surface area contributed by atoms with Crippen molar-refractivity contribution in [1.82, 2.24) is 20.3 Å². The van der Waals surface area contributed by atoms with Crippen LogP contribution in [0.1, 0.15) is 30.1 Å². The van der Waals surface area contributed by atoms with Crippen molar-refractivity contribution in [3.05, 3.63) is 70.5 Å². The second-order valence-electron chi connectivity index (χ2n) is 6.40. The number of amides is 2. The molecule has 0 saturated carbocycles. The quantitative estimate of drug-likeness (QED) is 0.401. The molecular formula is C21H23N5O3. The van der Waals surface area contributed by atoms with Gasteiger partial charge in [0.25, 0.3) is 11.5 Å². The standard InChI is InChI=1S/C21H23N5O3/c1-2-26-20(29)16-11-6-7-12-17(16)23-21(26)25-24-18(27)13-8-14-22-19(28)15-9-4-3-5-10-15/h3-7,9-12H,2,8,13-14H2,1H3,(H,22,28)(H,23,25)(H,24,27). The molecule has 2 amide bonds. The summed E-state index contributed by atoms with van der Waals surface area (Å²) in [5.41, 5.74) is 6.27. The van der Waals surface area contributed by atoms with E-state index in [1.54, 1.807) is 48.5 Å². The van der Waals surface area contributed by atoms with Crippen LogP contribution < -0.4 is 21.7 Å². The van der Waals surface area contributed by atoms with E-state index in [0.717, 1.165) is 0 Å². The van der Waals surface area contributed by atoms with Crippen molar-refractivity contribution >= 4 is 28.7 Å². The molecule has 3 aromatic rings. The smallest absolute Gasteiger partial charge is 0.262 e. The highest BCUT2D eigenvalue weighted by Gasteiger charge is 2.10. The maximum absolute atomic E-state index is 12.5. The SMILES string of the molecule is CCn1c(NNC(=O)CCCNC(=O)c2ccccc2)nc2ccccc2c1=O. The van der Waals surface area contributed by atoms with Gasteiger partial charge in [-0.25, -0.2) is 4.98 Å². The summed E-state index contributed by atoms with van der Waals surface area (Å²) in [7, 11) is 0. The second-order valence-corrected chi connectivity index (χ2v) is 6.40. The monoisotopic (exact) mass is 393 g/mol. The Balaban J connectivity index is 1.51. The van der Waals surface area contributed by atoms with E-state index >= 15 is 0 Å². The van der Waals surface area contributed by atoms with E-state index in [9.17, 15) is 14.4 Å². The lowest BCUT2D eigenvalue weighted by atomic mass is 10.2. The van der Waals surface area contributed by atoms with Gasteiger partial charge in [-0.1, -0.05) is 30.3 Å². The van der Waals surface area contributed by atoms with Crippen LogP contribution in [0.3, 0.4) is 0 Å². The topological polar surface area (TPSA) is 105 Å². The van der Waals surface area contributed by atoms with Gasteiger partial charge in [0, 0.05) is 25.1 Å². The molecule has 0 aliphatic carbocycles. The molecule has 0 aliphatic heterocycles. The molecular weight excluding hydrogens is 370 g/mol. The van der Waals surface area contributed by atoms with Gasteiger partial charge < -0.3 is 5.32 Å². The molecule has 0 bridgehead atoms. The highest BCUT2D eigenvalue weighted by molar-refractivity contribution is 5.94. The molecule has 1 heterocycles. The van der Waals surface area contributed by atoms with Crippen LogP contribution >= 0.6 is 0 Å². The number of nitrogens with one attached hydrogen (secondary N) is 3. The summed E-state index contributed by atoms with van der Waals surface area (Å²) in [5.74, 6) is -0.151. The number of aromatic nitrogens is 2. The van der Waals surface area contributed by atoms with Crippen molar-refractivity contribution in [3.63, 3.8) is 0 Å². The van der Waals surface area contributed by atoms with Crippen LogP contribution in [0, 0.1) is 0 Å². The molecule has 2 aromatic carbocycles. The lowest BCUT2D eigenvalue weighted by molar-refractivity contribution is -0.120. The Morgan fingerprint density at radius 2 is 1.76 bits per heavy atom. The molecule has 0 radical (unpaired) electrons. The number of hydrogen-bond donors (Lipinski definition) is 3. The molecule has 8 nitrogen and oxygen atoms in total. The fourth-order valence-electron chi connectivity index (χ4n) is 2.89. The Morgan fingerprint density at radius 1 is 1.03 bits per heavy atom. The minimum atomic E-state index is -0.260. The zero-order valence-electron chi connectivity index (χ0n) is 16.1. The number of carbonyl (C=O) groups excluding carboxylic acids is 2. The molecule has 0 aliphatic rings. The molecule has 0 spiro atoms. The number of hydrazine groups is 1. The molecule has 0 atom stereocenters. The van der Waals surface area contributed by atoms with E-state index in [0.29, 0.717) is 36.0 Å². The van der Waals surface area contributed by atoms with Crippen molar-refractivity contribution in [2.45, 2.75) is 26.3 Å². The van der Waals surface area contributed by atoms with E-state index in [4.69, 9.17) is 0 Å². The van der Waals surface area contributed by atoms with Crippen LogP contribution in [0.25, 0.3) is 10.9 Å². The number of nitrogens with zero attached hydrogens (tertiary/aromatic N) is 2. The Hall–Kier alpha value is -3.68. The first-order valence-corrected chi connectivity index (χ1v) is 9.48. The first kappa shape index (κ1) is 20.1. The second kappa shape index (κ2) is 9.50. The lowest BCUT2D eigenvalue weighted by Crippen LogP contribution is -2.34. The summed E-state index contributed by atoms with van der Waals surface area (Å²) >= 11 is 0. The molecule has 3 rings (SSSR count). The Bertz CT molecular complexity index is 1060. The number of para-hydroxylation sites is 1. The van der Waals surface area contributed by atoms with Gasteiger partial charge in [0.05, 0.1) is 10.9 Å². The Labute approximate surface area is 167 Å². The Kier molecular flexibility index (Phi) is 6.57. The first-order valence-electron chi connectivity index (χ1n) is 9.48. The zero-order chi connectivity index (χ0) is 20.6. The van der Waals surface area contributed by atoms with Crippen LogP contribution in [0.5, 0.6) is 0 Å². The summed E-state index contributed by atoms with van der Waals surface area (Å²) < 4.78 is 1.46. The van der Waals surface area contributed by atoms with Crippen molar-refractivity contribution in [2.24, 2.45) is 0 Å². The average Bonchev–Trinajstić information content (AvgIpc) is 2.76. The van der Waals surface area contributed by atoms with Gasteiger partial charge in [0.15, 0.2) is 0 Å². The summed E-state index contributed by atoms with van der Waals surface area (Å²) in [6.07, 6.45) is 0.698. The van der Waals surface area contributed by atoms with E-state index in [-0.39, 0.29) is 29.7 Å². The first-order chi connectivity index (χ1) is 14.1. The van der Waals surface area contributed by atoms with Gasteiger partial charge in [0.1, 0.15) is 0 Å². The Morgan fingerprint density at radius 3 is 2.52 bits per heavy atom. The molecule has 1 aromatic heterocycles. The van der Waals surface area contributed by atoms with Gasteiger partial charge in [-0.15, -0.1) is 0 Å². The summed E-state index contributed by atoms with van der Waals surface area (Å²) in [5, 5.41) is 3.30. The molecule has 150 valence electrons. The van der Waals surface area contributed by atoms with Crippen molar-refractivity contribution in [1.29, 1.82) is 0 Å². The summed E-state index contributed by atoms with van der Waals surface area (Å²) in [4.78, 5) is 41.0. The van der Waals surface area contributed by atoms with Gasteiger partial charge in [-0.3, -0.25) is 29.8 Å². The van der Waals surface area contributed by atoms with E-state index in [1.165, 1.54) is 4.57 Å². The highest BCUT2D eigenvalue weighted by Crippen LogP contribution is 2.10. The molecule has 0 fully saturated rings. The molecule has 0 saturated heterocycles. The summed E-state index contributed by atoms with van der Waals surface area (Å²) in [6, 6.07) is 16.0. The lowest BCUT2D eigenvalue weighted by Gasteiger charge is -2.14. The third kappa shape index (κ3) is 4.98. The van der Waals surface area contributed by atoms with Crippen LogP contribution in [-0.2, 0) is 11.3 Å². The van der Waals surface area contributed by atoms with Crippen LogP contribution in [-0.4, -0.2) is 27.9 Å². The van der Waals surface area contributed by atoms with Gasteiger partial charge in [-0.2, -0.15) is 0 Å². The van der Waals surface area contributed by atoms with Crippen LogP contribution in [0.4, 0.5) is 5.95 Å². The molecule has 8 heteroatoms. The van der Waals surface area contributed by atoms with E-state index in [2.05, 4.69) is 21.2 Å². The average molecular weight is 393 g/mol. The largest absolute Gasteiger partial charge is 0.352 e. The summed E-state index contributed by atoms with van der Waals surface area (Å²) in [6.45, 7) is 2.63. The van der Waals surface area contributed by atoms with Crippen molar-refractivity contribution in [2.75, 3.05) is 12.0 Å². The minimum absolute atomic E-state index is 0.168. The number of anilines is 1. The normalized spacial score (nSPS) is 10.5. The van der Waals surface area contributed by atoms with Gasteiger partial charge in [-0.05, 0) is 37.6 Å². The number of benzene rings is 2. The van der Waals surface area contributed by atoms with Crippen molar-refractivity contribution in [3.8, 4) is 0 Å². The van der Waals surface area contributed by atoms with Gasteiger partial charge in [0.2, 0.25) is 11.9 Å². The van der Waals surface area contributed by atoms with Gasteiger partial charge >= 0.3 is 0 Å². The third-order valence-corrected chi connectivity index (χ3v) is 4.39.